The molecule has 0 spiro atoms. The Morgan fingerprint density at radius 2 is 1.58 bits per heavy atom. The highest BCUT2D eigenvalue weighted by Crippen LogP contribution is 2.37. The summed E-state index contributed by atoms with van der Waals surface area (Å²) in [6.45, 7) is -0.668. The van der Waals surface area contributed by atoms with Crippen molar-refractivity contribution in [3.05, 3.63) is 70.5 Å². The van der Waals surface area contributed by atoms with Crippen LogP contribution in [0.25, 0.3) is 11.3 Å². The zero-order valence-corrected chi connectivity index (χ0v) is 20.3. The fourth-order valence-electron chi connectivity index (χ4n) is 3.83. The van der Waals surface area contributed by atoms with Gasteiger partial charge in [0, 0.05) is 24.9 Å². The van der Waals surface area contributed by atoms with Crippen LogP contribution < -0.4 is 4.74 Å². The van der Waals surface area contributed by atoms with E-state index in [4.69, 9.17) is 4.74 Å². The van der Waals surface area contributed by atoms with Crippen LogP contribution >= 0.6 is 0 Å². The van der Waals surface area contributed by atoms with Crippen molar-refractivity contribution < 1.29 is 44.5 Å². The lowest BCUT2D eigenvalue weighted by molar-refractivity contribution is -0.143. The zero-order valence-electron chi connectivity index (χ0n) is 19.5. The first-order valence-corrected chi connectivity index (χ1v) is 12.5. The van der Waals surface area contributed by atoms with Gasteiger partial charge in [-0.15, -0.1) is 0 Å². The van der Waals surface area contributed by atoms with Crippen molar-refractivity contribution >= 4 is 16.7 Å². The molecule has 202 valence electrons. The third-order valence-electron chi connectivity index (χ3n) is 5.56. The van der Waals surface area contributed by atoms with Crippen LogP contribution in [0.4, 0.5) is 30.7 Å². The van der Waals surface area contributed by atoms with Crippen LogP contribution in [0.5, 0.6) is 5.88 Å². The van der Waals surface area contributed by atoms with Gasteiger partial charge in [0.2, 0.25) is 11.0 Å². The number of amides is 1. The van der Waals surface area contributed by atoms with Gasteiger partial charge in [-0.1, -0.05) is 0 Å². The van der Waals surface area contributed by atoms with E-state index in [0.29, 0.717) is 12.1 Å². The van der Waals surface area contributed by atoms with Gasteiger partial charge in [-0.25, -0.2) is 9.37 Å². The minimum Gasteiger partial charge on any atom is -0.477 e. The second-order valence-corrected chi connectivity index (χ2v) is 9.61. The normalized spacial score (nSPS) is 15.4. The molecule has 0 radical (unpaired) electrons. The number of fused-ring (bicyclic) bond motifs is 1. The summed E-state index contributed by atoms with van der Waals surface area (Å²) >= 11 is 0. The summed E-state index contributed by atoms with van der Waals surface area (Å²) in [6, 6.07) is 5.92. The largest absolute Gasteiger partial charge is 0.477 e. The quantitative estimate of drug-likeness (QED) is 0.312. The van der Waals surface area contributed by atoms with Crippen LogP contribution in [-0.2, 0) is 29.7 Å². The van der Waals surface area contributed by atoms with Gasteiger partial charge in [-0.3, -0.25) is 9.00 Å². The second-order valence-electron chi connectivity index (χ2n) is 8.34. The summed E-state index contributed by atoms with van der Waals surface area (Å²) in [7, 11) is -1.71. The maximum atomic E-state index is 13.7. The number of aromatic nitrogens is 2. The number of carbonyl (C=O) groups excluding carboxylic acids is 1. The number of nitrogens with zero attached hydrogens (tertiary/aromatic N) is 3. The SMILES string of the molecule is CS(=O)c1nc2c(c(-c3ccc(F)cc3)n1)C(=O)N(Cc1cc(C(F)(F)F)cc(C(F)(F)F)c1)CCCO2. The zero-order chi connectivity index (χ0) is 27.8. The van der Waals surface area contributed by atoms with E-state index in [-0.39, 0.29) is 59.1 Å². The molecule has 0 aliphatic carbocycles. The van der Waals surface area contributed by atoms with Crippen LogP contribution in [0.3, 0.4) is 0 Å². The lowest BCUT2D eigenvalue weighted by atomic mass is 10.0. The average Bonchev–Trinajstić information content (AvgIpc) is 2.83. The second kappa shape index (κ2) is 10.3. The molecule has 6 nitrogen and oxygen atoms in total. The molecule has 0 saturated carbocycles. The lowest BCUT2D eigenvalue weighted by Crippen LogP contribution is -2.35. The summed E-state index contributed by atoms with van der Waals surface area (Å²) in [6.07, 6.45) is -8.63. The fourth-order valence-corrected chi connectivity index (χ4v) is 4.26. The van der Waals surface area contributed by atoms with Crippen molar-refractivity contribution in [3.63, 3.8) is 0 Å². The molecule has 38 heavy (non-hydrogen) atoms. The number of ether oxygens (including phenoxy) is 1. The van der Waals surface area contributed by atoms with Crippen molar-refractivity contribution in [2.75, 3.05) is 19.4 Å². The van der Waals surface area contributed by atoms with Crippen LogP contribution in [0, 0.1) is 5.82 Å². The van der Waals surface area contributed by atoms with Gasteiger partial charge in [-0.05, 0) is 54.4 Å². The molecule has 0 fully saturated rings. The Hall–Kier alpha value is -3.55. The van der Waals surface area contributed by atoms with E-state index in [1.165, 1.54) is 18.4 Å². The third kappa shape index (κ3) is 5.95. The Labute approximate surface area is 213 Å². The van der Waals surface area contributed by atoms with Crippen molar-refractivity contribution in [1.29, 1.82) is 0 Å². The summed E-state index contributed by atoms with van der Waals surface area (Å²) in [4.78, 5) is 23.0. The standard InChI is InChI=1S/C24H18F7N3O3S/c1-38(36)22-32-19(14-3-5-17(25)6-4-14)18-20(33-22)37-8-2-7-34(21(18)35)12-13-9-15(23(26,27)28)11-16(10-13)24(29,30)31/h3-6,9-11H,2,7-8,12H2,1H3. The number of hydrogen-bond donors (Lipinski definition) is 0. The minimum absolute atomic E-state index is 0.00874. The molecule has 1 atom stereocenters. The van der Waals surface area contributed by atoms with Gasteiger partial charge in [-0.2, -0.15) is 31.3 Å². The van der Waals surface area contributed by atoms with Crippen LogP contribution in [-0.4, -0.2) is 44.4 Å². The average molecular weight is 561 g/mol. The minimum atomic E-state index is -5.05. The number of benzene rings is 2. The Morgan fingerprint density at radius 1 is 0.974 bits per heavy atom. The van der Waals surface area contributed by atoms with E-state index in [1.807, 2.05) is 0 Å². The summed E-state index contributed by atoms with van der Waals surface area (Å²) in [5.41, 5.74) is -3.48. The van der Waals surface area contributed by atoms with Gasteiger partial charge in [0.1, 0.15) is 11.4 Å². The molecule has 1 aliphatic heterocycles. The van der Waals surface area contributed by atoms with E-state index in [2.05, 4.69) is 9.97 Å². The summed E-state index contributed by atoms with van der Waals surface area (Å²) in [5.74, 6) is -1.67. The molecule has 1 unspecified atom stereocenters. The highest BCUT2D eigenvalue weighted by molar-refractivity contribution is 7.84. The molecule has 0 N–H and O–H groups in total. The Morgan fingerprint density at radius 3 is 2.13 bits per heavy atom. The monoisotopic (exact) mass is 561 g/mol. The van der Waals surface area contributed by atoms with Gasteiger partial charge in [0.05, 0.1) is 34.2 Å². The van der Waals surface area contributed by atoms with E-state index in [9.17, 15) is 39.7 Å². The Bertz CT molecular complexity index is 1360. The van der Waals surface area contributed by atoms with Gasteiger partial charge in [0.25, 0.3) is 5.91 Å². The van der Waals surface area contributed by atoms with Crippen molar-refractivity contribution in [2.45, 2.75) is 30.5 Å². The third-order valence-corrected chi connectivity index (χ3v) is 6.26. The van der Waals surface area contributed by atoms with Crippen LogP contribution in [0.1, 0.15) is 33.5 Å². The number of alkyl halides is 6. The smallest absolute Gasteiger partial charge is 0.416 e. The highest BCUT2D eigenvalue weighted by atomic mass is 32.2. The van der Waals surface area contributed by atoms with Crippen LogP contribution in [0.2, 0.25) is 0 Å². The summed E-state index contributed by atoms with van der Waals surface area (Å²) < 4.78 is 111. The van der Waals surface area contributed by atoms with Crippen LogP contribution in [0.15, 0.2) is 47.6 Å². The Balaban J connectivity index is 1.83. The van der Waals surface area contributed by atoms with E-state index in [1.54, 1.807) is 0 Å². The number of rotatable bonds is 4. The van der Waals surface area contributed by atoms with Crippen molar-refractivity contribution in [1.82, 2.24) is 14.9 Å². The summed E-state index contributed by atoms with van der Waals surface area (Å²) in [5, 5.41) is -0.185. The predicted octanol–water partition coefficient (Wildman–Crippen LogP) is 5.48. The first kappa shape index (κ1) is 27.5. The van der Waals surface area contributed by atoms with Gasteiger partial charge in [0.15, 0.2) is 0 Å². The lowest BCUT2D eigenvalue weighted by Gasteiger charge is -2.28. The fraction of sp³-hybridized carbons (Fsp3) is 0.292. The number of carbonyl (C=O) groups is 1. The molecule has 0 bridgehead atoms. The molecular weight excluding hydrogens is 543 g/mol. The maximum Gasteiger partial charge on any atom is 0.416 e. The molecule has 1 amide bonds. The number of hydrogen-bond acceptors (Lipinski definition) is 5. The van der Waals surface area contributed by atoms with E-state index < -0.39 is 52.5 Å². The van der Waals surface area contributed by atoms with E-state index in [0.717, 1.165) is 17.0 Å². The van der Waals surface area contributed by atoms with Crippen molar-refractivity contribution in [2.24, 2.45) is 0 Å². The first-order chi connectivity index (χ1) is 17.7. The molecule has 4 rings (SSSR count). The topological polar surface area (TPSA) is 72.4 Å². The number of halogens is 7. The first-order valence-electron chi connectivity index (χ1n) is 11.0. The maximum absolute atomic E-state index is 13.7. The van der Waals surface area contributed by atoms with Crippen molar-refractivity contribution in [3.8, 4) is 17.1 Å². The molecule has 2 heterocycles. The van der Waals surface area contributed by atoms with Gasteiger partial charge >= 0.3 is 12.4 Å². The highest BCUT2D eigenvalue weighted by Gasteiger charge is 2.37. The molecule has 3 aromatic rings. The molecule has 1 aliphatic rings. The van der Waals surface area contributed by atoms with Gasteiger partial charge < -0.3 is 9.64 Å². The molecule has 1 aromatic heterocycles. The molecular formula is C24H18F7N3O3S. The predicted molar refractivity (Wildman–Crippen MR) is 121 cm³/mol. The Kier molecular flexibility index (Phi) is 7.46. The molecule has 0 saturated heterocycles. The van der Waals surface area contributed by atoms with E-state index >= 15 is 0 Å². The molecule has 14 heteroatoms. The molecule has 2 aromatic carbocycles.